The van der Waals surface area contributed by atoms with Gasteiger partial charge in [0.25, 0.3) is 5.56 Å². The van der Waals surface area contributed by atoms with E-state index in [2.05, 4.69) is 20.4 Å². The first-order valence-electron chi connectivity index (χ1n) is 9.58. The molecule has 2 aromatic carbocycles. The monoisotopic (exact) mass is 419 g/mol. The van der Waals surface area contributed by atoms with Gasteiger partial charge in [0.1, 0.15) is 12.4 Å². The number of hydrogen-bond donors (Lipinski definition) is 2. The molecule has 0 radical (unpaired) electrons. The summed E-state index contributed by atoms with van der Waals surface area (Å²) < 4.78 is 11.7. The Labute approximate surface area is 177 Å². The zero-order valence-electron chi connectivity index (χ0n) is 17.1. The number of fused-ring (bicyclic) bond motifs is 1. The minimum Gasteiger partial charge on any atom is -0.493 e. The van der Waals surface area contributed by atoms with Crippen molar-refractivity contribution in [3.05, 3.63) is 70.8 Å². The Balaban J connectivity index is 1.48. The summed E-state index contributed by atoms with van der Waals surface area (Å²) in [5, 5.41) is 7.09. The average Bonchev–Trinajstić information content (AvgIpc) is 3.22. The first-order valence-corrected chi connectivity index (χ1v) is 9.58. The molecule has 2 N–H and O–H groups in total. The van der Waals surface area contributed by atoms with Crippen molar-refractivity contribution in [3.8, 4) is 22.8 Å². The number of rotatable bonds is 7. The Morgan fingerprint density at radius 2 is 1.87 bits per heavy atom. The number of amides is 1. The second kappa shape index (κ2) is 8.70. The smallest absolute Gasteiger partial charge is 0.267 e. The highest BCUT2D eigenvalue weighted by Gasteiger charge is 2.11. The van der Waals surface area contributed by atoms with E-state index in [1.165, 1.54) is 6.07 Å². The lowest BCUT2D eigenvalue weighted by Gasteiger charge is -2.10. The van der Waals surface area contributed by atoms with Crippen LogP contribution in [-0.4, -0.2) is 39.9 Å². The number of methoxy groups -OCH3 is 2. The van der Waals surface area contributed by atoms with Gasteiger partial charge in [-0.2, -0.15) is 5.10 Å². The molecule has 4 rings (SSSR count). The summed E-state index contributed by atoms with van der Waals surface area (Å²) in [5.74, 6) is 1.42. The molecule has 0 aliphatic rings. The van der Waals surface area contributed by atoms with Gasteiger partial charge in [-0.15, -0.1) is 0 Å². The predicted octanol–water partition coefficient (Wildman–Crippen LogP) is 2.12. The van der Waals surface area contributed by atoms with E-state index in [0.717, 1.165) is 21.3 Å². The van der Waals surface area contributed by atoms with E-state index in [-0.39, 0.29) is 24.6 Å². The zero-order chi connectivity index (χ0) is 21.8. The molecule has 4 aromatic rings. The molecular weight excluding hydrogens is 398 g/mol. The van der Waals surface area contributed by atoms with Crippen LogP contribution < -0.4 is 20.3 Å². The number of H-pyrrole nitrogens is 1. The average molecular weight is 419 g/mol. The summed E-state index contributed by atoms with van der Waals surface area (Å²) in [6, 6.07) is 15.9. The van der Waals surface area contributed by atoms with Gasteiger partial charge in [-0.25, -0.2) is 9.67 Å². The molecule has 0 spiro atoms. The first-order chi connectivity index (χ1) is 15.1. The highest BCUT2D eigenvalue weighted by Crippen LogP contribution is 2.31. The van der Waals surface area contributed by atoms with Gasteiger partial charge in [-0.1, -0.05) is 12.1 Å². The van der Waals surface area contributed by atoms with E-state index in [0.29, 0.717) is 23.0 Å². The van der Waals surface area contributed by atoms with Crippen molar-refractivity contribution in [2.24, 2.45) is 0 Å². The number of carbonyl (C=O) groups excluding carboxylic acids is 1. The van der Waals surface area contributed by atoms with Crippen LogP contribution in [0.25, 0.3) is 22.3 Å². The van der Waals surface area contributed by atoms with Crippen LogP contribution >= 0.6 is 0 Å². The lowest BCUT2D eigenvalue weighted by Crippen LogP contribution is -2.33. The third kappa shape index (κ3) is 4.40. The number of nitrogens with zero attached hydrogens (tertiary/aromatic N) is 3. The molecule has 1 amide bonds. The number of imidazole rings is 1. The topological polar surface area (TPSA) is 111 Å². The Morgan fingerprint density at radius 1 is 1.06 bits per heavy atom. The number of benzene rings is 2. The first kappa shape index (κ1) is 20.1. The molecule has 0 saturated heterocycles. The fourth-order valence-corrected chi connectivity index (χ4v) is 3.18. The second-order valence-corrected chi connectivity index (χ2v) is 6.76. The fourth-order valence-electron chi connectivity index (χ4n) is 3.18. The third-order valence-corrected chi connectivity index (χ3v) is 4.73. The molecule has 0 bridgehead atoms. The lowest BCUT2D eigenvalue weighted by molar-refractivity contribution is -0.122. The molecule has 0 fully saturated rings. The SMILES string of the molecule is COc1ccc(-c2ccc(=O)n(CC(=O)NCc3nc4ccccc4[nH]3)n2)cc1OC. The Hall–Kier alpha value is -4.14. The van der Waals surface area contributed by atoms with Crippen molar-refractivity contribution in [1.29, 1.82) is 0 Å². The van der Waals surface area contributed by atoms with Crippen LogP contribution in [0.15, 0.2) is 59.4 Å². The van der Waals surface area contributed by atoms with Gasteiger partial charge in [-0.3, -0.25) is 9.59 Å². The minimum absolute atomic E-state index is 0.208. The van der Waals surface area contributed by atoms with E-state index >= 15 is 0 Å². The normalized spacial score (nSPS) is 10.8. The van der Waals surface area contributed by atoms with Crippen molar-refractivity contribution in [2.75, 3.05) is 14.2 Å². The Kier molecular flexibility index (Phi) is 5.65. The molecule has 2 aromatic heterocycles. The van der Waals surface area contributed by atoms with E-state index in [9.17, 15) is 9.59 Å². The van der Waals surface area contributed by atoms with Gasteiger partial charge in [0.15, 0.2) is 11.5 Å². The van der Waals surface area contributed by atoms with Crippen LogP contribution in [0.3, 0.4) is 0 Å². The zero-order valence-corrected chi connectivity index (χ0v) is 17.1. The predicted molar refractivity (Wildman–Crippen MR) is 115 cm³/mol. The number of para-hydroxylation sites is 2. The minimum atomic E-state index is -0.372. The van der Waals surface area contributed by atoms with Crippen LogP contribution in [0, 0.1) is 0 Å². The molecule has 0 unspecified atom stereocenters. The molecular formula is C22H21N5O4. The van der Waals surface area contributed by atoms with Crippen LogP contribution in [-0.2, 0) is 17.9 Å². The summed E-state index contributed by atoms with van der Waals surface area (Å²) in [4.78, 5) is 32.2. The molecule has 158 valence electrons. The van der Waals surface area contributed by atoms with Gasteiger partial charge in [0.05, 0.1) is 37.5 Å². The van der Waals surface area contributed by atoms with Crippen molar-refractivity contribution in [1.82, 2.24) is 25.1 Å². The van der Waals surface area contributed by atoms with Crippen LogP contribution in [0.5, 0.6) is 11.5 Å². The maximum absolute atomic E-state index is 12.4. The quantitative estimate of drug-likeness (QED) is 0.475. The number of aromatic amines is 1. The highest BCUT2D eigenvalue weighted by molar-refractivity contribution is 5.76. The summed E-state index contributed by atoms with van der Waals surface area (Å²) in [6.07, 6.45) is 0. The van der Waals surface area contributed by atoms with Crippen molar-refractivity contribution < 1.29 is 14.3 Å². The van der Waals surface area contributed by atoms with Crippen LogP contribution in [0.1, 0.15) is 5.82 Å². The van der Waals surface area contributed by atoms with E-state index in [1.807, 2.05) is 24.3 Å². The number of hydrogen-bond acceptors (Lipinski definition) is 6. The lowest BCUT2D eigenvalue weighted by atomic mass is 10.1. The van der Waals surface area contributed by atoms with E-state index in [4.69, 9.17) is 9.47 Å². The standard InChI is InChI=1S/C22H21N5O4/c1-30-18-9-7-14(11-19(18)31-2)15-8-10-22(29)27(26-15)13-21(28)23-12-20-24-16-5-3-4-6-17(16)25-20/h3-11H,12-13H2,1-2H3,(H,23,28)(H,24,25). The van der Waals surface area contributed by atoms with Crippen molar-refractivity contribution in [3.63, 3.8) is 0 Å². The van der Waals surface area contributed by atoms with E-state index in [1.54, 1.807) is 38.5 Å². The van der Waals surface area contributed by atoms with Crippen LogP contribution in [0.2, 0.25) is 0 Å². The fraction of sp³-hybridized carbons (Fsp3) is 0.182. The number of carbonyl (C=O) groups is 1. The maximum Gasteiger partial charge on any atom is 0.267 e. The van der Waals surface area contributed by atoms with Gasteiger partial charge in [0, 0.05) is 11.6 Å². The molecule has 0 aliphatic carbocycles. The molecule has 0 aliphatic heterocycles. The Bertz CT molecular complexity index is 1260. The molecule has 0 saturated carbocycles. The maximum atomic E-state index is 12.4. The summed E-state index contributed by atoms with van der Waals surface area (Å²) >= 11 is 0. The van der Waals surface area contributed by atoms with E-state index < -0.39 is 0 Å². The summed E-state index contributed by atoms with van der Waals surface area (Å²) in [6.45, 7) is 0.0117. The van der Waals surface area contributed by atoms with Crippen molar-refractivity contribution in [2.45, 2.75) is 13.1 Å². The number of aromatic nitrogens is 4. The second-order valence-electron chi connectivity index (χ2n) is 6.76. The number of nitrogens with one attached hydrogen (secondary N) is 2. The summed E-state index contributed by atoms with van der Waals surface area (Å²) in [7, 11) is 3.10. The van der Waals surface area contributed by atoms with Gasteiger partial charge < -0.3 is 19.8 Å². The molecule has 2 heterocycles. The van der Waals surface area contributed by atoms with Gasteiger partial charge in [0.2, 0.25) is 5.91 Å². The number of ether oxygens (including phenoxy) is 2. The summed E-state index contributed by atoms with van der Waals surface area (Å²) in [5.41, 5.74) is 2.61. The Morgan fingerprint density at radius 3 is 2.65 bits per heavy atom. The van der Waals surface area contributed by atoms with Gasteiger partial charge >= 0.3 is 0 Å². The third-order valence-electron chi connectivity index (χ3n) is 4.73. The van der Waals surface area contributed by atoms with Crippen LogP contribution in [0.4, 0.5) is 0 Å². The highest BCUT2D eigenvalue weighted by atomic mass is 16.5. The molecule has 0 atom stereocenters. The largest absolute Gasteiger partial charge is 0.493 e. The van der Waals surface area contributed by atoms with Gasteiger partial charge in [-0.05, 0) is 36.4 Å². The molecule has 31 heavy (non-hydrogen) atoms. The molecule has 9 nitrogen and oxygen atoms in total. The van der Waals surface area contributed by atoms with Crippen molar-refractivity contribution >= 4 is 16.9 Å². The molecule has 9 heteroatoms.